The number of carbonyl (C=O) groups is 1. The van der Waals surface area contributed by atoms with Crippen LogP contribution in [0.5, 0.6) is 0 Å². The Kier molecular flexibility index (Phi) is 4.12. The Morgan fingerprint density at radius 2 is 2.10 bits per heavy atom. The van der Waals surface area contributed by atoms with E-state index in [2.05, 4.69) is 10.4 Å². The summed E-state index contributed by atoms with van der Waals surface area (Å²) < 4.78 is 27.8. The predicted octanol–water partition coefficient (Wildman–Crippen LogP) is 2.42. The summed E-state index contributed by atoms with van der Waals surface area (Å²) in [4.78, 5) is 12.0. The minimum atomic E-state index is -0.675. The summed E-state index contributed by atoms with van der Waals surface area (Å²) in [6, 6.07) is 4.93. The highest BCUT2D eigenvalue weighted by Crippen LogP contribution is 2.10. The molecule has 0 aliphatic rings. The molecule has 0 aliphatic carbocycles. The first-order valence-electron chi connectivity index (χ1n) is 6.28. The van der Waals surface area contributed by atoms with Crippen molar-refractivity contribution in [3.8, 4) is 0 Å². The number of nitrogens with zero attached hydrogens (tertiary/aromatic N) is 2. The SMILES string of the molecule is CCn1nc(C)cc1C(=O)NCc1ccc(F)cc1F. The molecule has 0 unspecified atom stereocenters. The molecular weight excluding hydrogens is 264 g/mol. The van der Waals surface area contributed by atoms with Crippen molar-refractivity contribution >= 4 is 5.91 Å². The molecule has 0 aliphatic heterocycles. The maximum Gasteiger partial charge on any atom is 0.269 e. The molecule has 1 N–H and O–H groups in total. The molecule has 1 amide bonds. The van der Waals surface area contributed by atoms with Gasteiger partial charge in [0.1, 0.15) is 17.3 Å². The predicted molar refractivity (Wildman–Crippen MR) is 70.2 cm³/mol. The second kappa shape index (κ2) is 5.81. The number of nitrogens with one attached hydrogen (secondary N) is 1. The molecule has 1 heterocycles. The Hall–Kier alpha value is -2.24. The molecule has 2 aromatic rings. The molecule has 0 saturated carbocycles. The van der Waals surface area contributed by atoms with Crippen LogP contribution in [0.25, 0.3) is 0 Å². The van der Waals surface area contributed by atoms with Crippen molar-refractivity contribution in [1.29, 1.82) is 0 Å². The Morgan fingerprint density at radius 1 is 1.35 bits per heavy atom. The molecule has 0 saturated heterocycles. The van der Waals surface area contributed by atoms with Gasteiger partial charge in [-0.2, -0.15) is 5.10 Å². The van der Waals surface area contributed by atoms with Crippen LogP contribution in [0.4, 0.5) is 8.78 Å². The molecule has 106 valence electrons. The average molecular weight is 279 g/mol. The third-order valence-corrected chi connectivity index (χ3v) is 2.89. The lowest BCUT2D eigenvalue weighted by atomic mass is 10.2. The second-order valence-corrected chi connectivity index (χ2v) is 4.41. The van der Waals surface area contributed by atoms with Crippen molar-refractivity contribution in [2.45, 2.75) is 26.9 Å². The zero-order valence-electron chi connectivity index (χ0n) is 11.3. The van der Waals surface area contributed by atoms with Crippen molar-refractivity contribution in [3.63, 3.8) is 0 Å². The first kappa shape index (κ1) is 14.2. The number of benzene rings is 1. The summed E-state index contributed by atoms with van der Waals surface area (Å²) in [5, 5.41) is 6.77. The van der Waals surface area contributed by atoms with Crippen LogP contribution in [0.15, 0.2) is 24.3 Å². The van der Waals surface area contributed by atoms with Gasteiger partial charge in [0.25, 0.3) is 5.91 Å². The van der Waals surface area contributed by atoms with Crippen LogP contribution in [-0.2, 0) is 13.1 Å². The maximum absolute atomic E-state index is 13.4. The van der Waals surface area contributed by atoms with E-state index in [1.807, 2.05) is 6.92 Å². The highest BCUT2D eigenvalue weighted by Gasteiger charge is 2.13. The number of rotatable bonds is 4. The standard InChI is InChI=1S/C14H15F2N3O/c1-3-19-13(6-9(2)18-19)14(20)17-8-10-4-5-11(15)7-12(10)16/h4-7H,3,8H2,1-2H3,(H,17,20). The summed E-state index contributed by atoms with van der Waals surface area (Å²) in [5.41, 5.74) is 1.40. The van der Waals surface area contributed by atoms with Gasteiger partial charge in [-0.05, 0) is 26.0 Å². The lowest BCUT2D eigenvalue weighted by Crippen LogP contribution is -2.26. The van der Waals surface area contributed by atoms with E-state index in [4.69, 9.17) is 0 Å². The van der Waals surface area contributed by atoms with E-state index in [0.29, 0.717) is 12.2 Å². The minimum absolute atomic E-state index is 0.00110. The van der Waals surface area contributed by atoms with E-state index in [1.165, 1.54) is 6.07 Å². The molecule has 0 atom stereocenters. The maximum atomic E-state index is 13.4. The monoisotopic (exact) mass is 279 g/mol. The van der Waals surface area contributed by atoms with Crippen LogP contribution in [0.3, 0.4) is 0 Å². The fourth-order valence-corrected chi connectivity index (χ4v) is 1.90. The molecule has 1 aromatic heterocycles. The van der Waals surface area contributed by atoms with Gasteiger partial charge in [0.2, 0.25) is 0 Å². The molecule has 0 bridgehead atoms. The van der Waals surface area contributed by atoms with Crippen molar-refractivity contribution in [2.75, 3.05) is 0 Å². The average Bonchev–Trinajstić information content (AvgIpc) is 2.78. The van der Waals surface area contributed by atoms with Gasteiger partial charge < -0.3 is 5.32 Å². The normalized spacial score (nSPS) is 10.6. The first-order valence-corrected chi connectivity index (χ1v) is 6.28. The van der Waals surface area contributed by atoms with E-state index >= 15 is 0 Å². The summed E-state index contributed by atoms with van der Waals surface area (Å²) in [6.45, 7) is 4.24. The number of aryl methyl sites for hydroxylation is 2. The molecule has 2 rings (SSSR count). The molecule has 6 heteroatoms. The highest BCUT2D eigenvalue weighted by atomic mass is 19.1. The van der Waals surface area contributed by atoms with Crippen molar-refractivity contribution in [1.82, 2.24) is 15.1 Å². The molecule has 0 radical (unpaired) electrons. The third kappa shape index (κ3) is 3.01. The summed E-state index contributed by atoms with van der Waals surface area (Å²) in [5.74, 6) is -1.65. The molecule has 20 heavy (non-hydrogen) atoms. The Bertz CT molecular complexity index is 637. The zero-order chi connectivity index (χ0) is 14.7. The molecule has 0 fully saturated rings. The summed E-state index contributed by atoms with van der Waals surface area (Å²) in [6.07, 6.45) is 0. The second-order valence-electron chi connectivity index (χ2n) is 4.41. The van der Waals surface area contributed by atoms with Crippen LogP contribution < -0.4 is 5.32 Å². The van der Waals surface area contributed by atoms with Crippen LogP contribution in [0, 0.1) is 18.6 Å². The number of aromatic nitrogens is 2. The molecule has 0 spiro atoms. The highest BCUT2D eigenvalue weighted by molar-refractivity contribution is 5.92. The third-order valence-electron chi connectivity index (χ3n) is 2.89. The number of amides is 1. The van der Waals surface area contributed by atoms with Crippen molar-refractivity contribution in [2.24, 2.45) is 0 Å². The van der Waals surface area contributed by atoms with E-state index in [0.717, 1.165) is 17.8 Å². The van der Waals surface area contributed by atoms with Crippen molar-refractivity contribution in [3.05, 3.63) is 52.9 Å². The lowest BCUT2D eigenvalue weighted by Gasteiger charge is -2.07. The zero-order valence-corrected chi connectivity index (χ0v) is 11.3. The minimum Gasteiger partial charge on any atom is -0.347 e. The van der Waals surface area contributed by atoms with Crippen LogP contribution in [0.2, 0.25) is 0 Å². The summed E-state index contributed by atoms with van der Waals surface area (Å²) in [7, 11) is 0. The van der Waals surface area contributed by atoms with Crippen LogP contribution in [-0.4, -0.2) is 15.7 Å². The number of hydrogen-bond acceptors (Lipinski definition) is 2. The van der Waals surface area contributed by atoms with Gasteiger partial charge in [-0.15, -0.1) is 0 Å². The van der Waals surface area contributed by atoms with Gasteiger partial charge in [-0.3, -0.25) is 9.48 Å². The van der Waals surface area contributed by atoms with Gasteiger partial charge in [-0.1, -0.05) is 6.07 Å². The largest absolute Gasteiger partial charge is 0.347 e. The van der Waals surface area contributed by atoms with Crippen molar-refractivity contribution < 1.29 is 13.6 Å². The quantitative estimate of drug-likeness (QED) is 0.934. The smallest absolute Gasteiger partial charge is 0.269 e. The van der Waals surface area contributed by atoms with E-state index in [9.17, 15) is 13.6 Å². The Morgan fingerprint density at radius 3 is 2.75 bits per heavy atom. The van der Waals surface area contributed by atoms with Gasteiger partial charge >= 0.3 is 0 Å². The van der Waals surface area contributed by atoms with Crippen LogP contribution >= 0.6 is 0 Å². The van der Waals surface area contributed by atoms with Gasteiger partial charge in [0.05, 0.1) is 5.69 Å². The first-order chi connectivity index (χ1) is 9.51. The number of carbonyl (C=O) groups excluding carboxylic acids is 1. The Balaban J connectivity index is 2.08. The van der Waals surface area contributed by atoms with Gasteiger partial charge in [0, 0.05) is 24.7 Å². The Labute approximate surface area is 115 Å². The topological polar surface area (TPSA) is 46.9 Å². The van der Waals surface area contributed by atoms with Gasteiger partial charge in [0.15, 0.2) is 0 Å². The van der Waals surface area contributed by atoms with Crippen LogP contribution in [0.1, 0.15) is 28.7 Å². The van der Waals surface area contributed by atoms with E-state index in [-0.39, 0.29) is 18.0 Å². The summed E-state index contributed by atoms with van der Waals surface area (Å²) >= 11 is 0. The lowest BCUT2D eigenvalue weighted by molar-refractivity contribution is 0.0940. The van der Waals surface area contributed by atoms with E-state index < -0.39 is 11.6 Å². The fourth-order valence-electron chi connectivity index (χ4n) is 1.90. The van der Waals surface area contributed by atoms with Gasteiger partial charge in [-0.25, -0.2) is 8.78 Å². The van der Waals surface area contributed by atoms with E-state index in [1.54, 1.807) is 17.7 Å². The molecular formula is C14H15F2N3O. The molecule has 1 aromatic carbocycles. The molecule has 4 nitrogen and oxygen atoms in total. The fraction of sp³-hybridized carbons (Fsp3) is 0.286. The number of halogens is 2. The number of hydrogen-bond donors (Lipinski definition) is 1.